The lowest BCUT2D eigenvalue weighted by molar-refractivity contribution is -0.137. The summed E-state index contributed by atoms with van der Waals surface area (Å²) in [6.07, 6.45) is 3.35. The van der Waals surface area contributed by atoms with Gasteiger partial charge in [0.05, 0.1) is 6.61 Å². The number of hydrogen-bond acceptors (Lipinski definition) is 5. The second-order valence-electron chi connectivity index (χ2n) is 4.30. The zero-order chi connectivity index (χ0) is 12.7. The molecule has 0 amide bonds. The molecule has 1 fully saturated rings. The van der Waals surface area contributed by atoms with E-state index in [1.165, 1.54) is 6.08 Å². The number of nitrogens with two attached hydrogens (primary N) is 1. The number of rotatable bonds is 5. The van der Waals surface area contributed by atoms with Crippen molar-refractivity contribution in [2.75, 3.05) is 46.4 Å². The van der Waals surface area contributed by atoms with E-state index in [2.05, 4.69) is 16.8 Å². The lowest BCUT2D eigenvalue weighted by atomic mass is 10.1. The van der Waals surface area contributed by atoms with E-state index in [4.69, 9.17) is 10.5 Å². The van der Waals surface area contributed by atoms with Gasteiger partial charge in [-0.2, -0.15) is 0 Å². The number of piperazine rings is 1. The van der Waals surface area contributed by atoms with Crippen molar-refractivity contribution in [3.05, 3.63) is 12.2 Å². The molecule has 0 aliphatic carbocycles. The molecule has 5 nitrogen and oxygen atoms in total. The summed E-state index contributed by atoms with van der Waals surface area (Å²) in [6.45, 7) is 6.66. The average molecular weight is 241 g/mol. The lowest BCUT2D eigenvalue weighted by Gasteiger charge is -2.38. The fourth-order valence-electron chi connectivity index (χ4n) is 1.99. The van der Waals surface area contributed by atoms with E-state index in [0.717, 1.165) is 26.2 Å². The largest absolute Gasteiger partial charge is 0.463 e. The molecule has 0 aromatic rings. The summed E-state index contributed by atoms with van der Waals surface area (Å²) in [5.74, 6) is -0.272. The molecule has 1 rings (SSSR count). The van der Waals surface area contributed by atoms with Crippen LogP contribution < -0.4 is 5.73 Å². The van der Waals surface area contributed by atoms with Crippen LogP contribution in [-0.4, -0.2) is 68.2 Å². The minimum Gasteiger partial charge on any atom is -0.463 e. The number of likely N-dealkylation sites (N-methyl/N-ethyl adjacent to an activating group) is 1. The molecular formula is C12H23N3O2. The molecule has 1 saturated heterocycles. The number of esters is 1. The molecule has 1 aliphatic heterocycles. The first-order valence-electron chi connectivity index (χ1n) is 6.13. The lowest BCUT2D eigenvalue weighted by Crippen LogP contribution is -2.54. The highest BCUT2D eigenvalue weighted by molar-refractivity contribution is 5.81. The highest BCUT2D eigenvalue weighted by Gasteiger charge is 2.22. The maximum Gasteiger partial charge on any atom is 0.330 e. The first-order valence-corrected chi connectivity index (χ1v) is 6.13. The number of hydrogen-bond donors (Lipinski definition) is 1. The fourth-order valence-corrected chi connectivity index (χ4v) is 1.99. The Morgan fingerprint density at radius 2 is 2.29 bits per heavy atom. The summed E-state index contributed by atoms with van der Waals surface area (Å²) < 4.78 is 4.82. The van der Waals surface area contributed by atoms with Gasteiger partial charge in [-0.05, 0) is 14.0 Å². The number of nitrogens with zero attached hydrogens (tertiary/aromatic N) is 2. The van der Waals surface area contributed by atoms with Crippen molar-refractivity contribution in [1.82, 2.24) is 9.80 Å². The summed E-state index contributed by atoms with van der Waals surface area (Å²) in [6, 6.07) is 0.376. The first-order chi connectivity index (χ1) is 8.17. The van der Waals surface area contributed by atoms with Crippen LogP contribution in [0.2, 0.25) is 0 Å². The highest BCUT2D eigenvalue weighted by Crippen LogP contribution is 2.07. The van der Waals surface area contributed by atoms with Crippen molar-refractivity contribution in [3.63, 3.8) is 0 Å². The molecule has 1 aliphatic rings. The summed E-state index contributed by atoms with van der Waals surface area (Å²) in [5, 5.41) is 0. The Kier molecular flexibility index (Phi) is 6.18. The third kappa shape index (κ3) is 4.85. The van der Waals surface area contributed by atoms with Crippen LogP contribution in [0.25, 0.3) is 0 Å². The Morgan fingerprint density at radius 3 is 2.94 bits per heavy atom. The molecule has 0 bridgehead atoms. The SMILES string of the molecule is CCOC(=O)/C=C/CN1CCN(C)CC1CN. The second-order valence-corrected chi connectivity index (χ2v) is 4.30. The molecule has 98 valence electrons. The number of carbonyl (C=O) groups excluding carboxylic acids is 1. The predicted molar refractivity (Wildman–Crippen MR) is 67.7 cm³/mol. The molecule has 1 unspecified atom stereocenters. The van der Waals surface area contributed by atoms with Gasteiger partial charge in [0.1, 0.15) is 0 Å². The molecule has 0 aromatic heterocycles. The van der Waals surface area contributed by atoms with Gasteiger partial charge in [0.2, 0.25) is 0 Å². The molecule has 1 atom stereocenters. The predicted octanol–water partition coefficient (Wildman–Crippen LogP) is -0.320. The molecule has 17 heavy (non-hydrogen) atoms. The van der Waals surface area contributed by atoms with E-state index in [0.29, 0.717) is 19.2 Å². The monoisotopic (exact) mass is 241 g/mol. The van der Waals surface area contributed by atoms with Crippen molar-refractivity contribution in [3.8, 4) is 0 Å². The minimum atomic E-state index is -0.272. The Morgan fingerprint density at radius 1 is 1.53 bits per heavy atom. The molecule has 0 saturated carbocycles. The van der Waals surface area contributed by atoms with Gasteiger partial charge >= 0.3 is 5.97 Å². The average Bonchev–Trinajstić information content (AvgIpc) is 2.31. The van der Waals surface area contributed by atoms with Crippen LogP contribution >= 0.6 is 0 Å². The van der Waals surface area contributed by atoms with E-state index >= 15 is 0 Å². The van der Waals surface area contributed by atoms with E-state index in [9.17, 15) is 4.79 Å². The van der Waals surface area contributed by atoms with Crippen molar-refractivity contribution in [2.24, 2.45) is 5.73 Å². The zero-order valence-electron chi connectivity index (χ0n) is 10.8. The first kappa shape index (κ1) is 14.2. The van der Waals surface area contributed by atoms with Crippen molar-refractivity contribution < 1.29 is 9.53 Å². The topological polar surface area (TPSA) is 58.8 Å². The van der Waals surface area contributed by atoms with Crippen molar-refractivity contribution in [1.29, 1.82) is 0 Å². The van der Waals surface area contributed by atoms with Crippen LogP contribution in [-0.2, 0) is 9.53 Å². The van der Waals surface area contributed by atoms with Crippen molar-refractivity contribution in [2.45, 2.75) is 13.0 Å². The Hall–Kier alpha value is -0.910. The Labute approximate surface area is 103 Å². The van der Waals surface area contributed by atoms with Gasteiger partial charge in [-0.1, -0.05) is 6.08 Å². The fraction of sp³-hybridized carbons (Fsp3) is 0.750. The third-order valence-corrected chi connectivity index (χ3v) is 2.96. The smallest absolute Gasteiger partial charge is 0.330 e. The van der Waals surface area contributed by atoms with Gasteiger partial charge < -0.3 is 15.4 Å². The van der Waals surface area contributed by atoms with Crippen LogP contribution in [0.15, 0.2) is 12.2 Å². The Bertz CT molecular complexity index is 268. The standard InChI is InChI=1S/C12H23N3O2/c1-3-17-12(16)5-4-6-15-8-7-14(2)10-11(15)9-13/h4-5,11H,3,6-10,13H2,1-2H3/b5-4+. The second kappa shape index (κ2) is 7.42. The molecule has 0 aromatic carbocycles. The molecule has 0 spiro atoms. The van der Waals surface area contributed by atoms with Gasteiger partial charge in [0, 0.05) is 44.8 Å². The zero-order valence-corrected chi connectivity index (χ0v) is 10.8. The van der Waals surface area contributed by atoms with E-state index < -0.39 is 0 Å². The van der Waals surface area contributed by atoms with E-state index in [1.807, 2.05) is 6.08 Å². The Balaban J connectivity index is 2.37. The van der Waals surface area contributed by atoms with Crippen LogP contribution in [0.1, 0.15) is 6.92 Å². The quantitative estimate of drug-likeness (QED) is 0.528. The third-order valence-electron chi connectivity index (χ3n) is 2.96. The summed E-state index contributed by atoms with van der Waals surface area (Å²) in [7, 11) is 2.11. The van der Waals surface area contributed by atoms with E-state index in [1.54, 1.807) is 6.92 Å². The van der Waals surface area contributed by atoms with E-state index in [-0.39, 0.29) is 5.97 Å². The van der Waals surface area contributed by atoms with Crippen LogP contribution in [0.3, 0.4) is 0 Å². The normalized spacial score (nSPS) is 23.1. The molecule has 2 N–H and O–H groups in total. The molecule has 5 heteroatoms. The number of ether oxygens (including phenoxy) is 1. The minimum absolute atomic E-state index is 0.272. The van der Waals surface area contributed by atoms with Crippen LogP contribution in [0, 0.1) is 0 Å². The molecule has 1 heterocycles. The highest BCUT2D eigenvalue weighted by atomic mass is 16.5. The van der Waals surface area contributed by atoms with Crippen LogP contribution in [0.5, 0.6) is 0 Å². The maximum absolute atomic E-state index is 11.1. The summed E-state index contributed by atoms with van der Waals surface area (Å²) in [4.78, 5) is 15.7. The summed E-state index contributed by atoms with van der Waals surface area (Å²) in [5.41, 5.74) is 5.75. The van der Waals surface area contributed by atoms with Gasteiger partial charge in [-0.15, -0.1) is 0 Å². The maximum atomic E-state index is 11.1. The van der Waals surface area contributed by atoms with Crippen LogP contribution in [0.4, 0.5) is 0 Å². The number of carbonyl (C=O) groups is 1. The summed E-state index contributed by atoms with van der Waals surface area (Å²) >= 11 is 0. The van der Waals surface area contributed by atoms with Gasteiger partial charge in [-0.25, -0.2) is 4.79 Å². The van der Waals surface area contributed by atoms with Gasteiger partial charge in [-0.3, -0.25) is 4.90 Å². The van der Waals surface area contributed by atoms with Crippen molar-refractivity contribution >= 4 is 5.97 Å². The van der Waals surface area contributed by atoms with Gasteiger partial charge in [0.25, 0.3) is 0 Å². The molecule has 0 radical (unpaired) electrons. The molecular weight excluding hydrogens is 218 g/mol. The van der Waals surface area contributed by atoms with Gasteiger partial charge in [0.15, 0.2) is 0 Å².